The molecule has 2 aromatic heterocycles. The number of rotatable bonds is 5. The van der Waals surface area contributed by atoms with Gasteiger partial charge in [-0.25, -0.2) is 4.98 Å². The first-order valence-corrected chi connectivity index (χ1v) is 9.18. The summed E-state index contributed by atoms with van der Waals surface area (Å²) in [6.45, 7) is 3.65. The van der Waals surface area contributed by atoms with Crippen LogP contribution in [-0.2, 0) is 6.42 Å². The Kier molecular flexibility index (Phi) is 4.82. The van der Waals surface area contributed by atoms with E-state index in [0.717, 1.165) is 43.6 Å². The molecular weight excluding hydrogens is 342 g/mol. The highest BCUT2D eigenvalue weighted by molar-refractivity contribution is 5.94. The maximum Gasteiger partial charge on any atom is 0.257 e. The lowest BCUT2D eigenvalue weighted by Gasteiger charge is -2.15. The molecule has 27 heavy (non-hydrogen) atoms. The molecule has 1 saturated heterocycles. The number of benzene rings is 1. The molecule has 7 heteroatoms. The Morgan fingerprint density at radius 3 is 2.78 bits per heavy atom. The summed E-state index contributed by atoms with van der Waals surface area (Å²) >= 11 is 0. The Bertz CT molecular complexity index is 930. The van der Waals surface area contributed by atoms with Gasteiger partial charge in [0.2, 0.25) is 0 Å². The first kappa shape index (κ1) is 17.2. The molecule has 1 aromatic carbocycles. The lowest BCUT2D eigenvalue weighted by atomic mass is 10.2. The molecule has 0 aliphatic carbocycles. The molecule has 0 atom stereocenters. The molecule has 1 fully saturated rings. The standard InChI is InChI=1S/C20H21N5O2/c1-2-17-23-19(27-24-17)14-6-5-7-16(12-14)22-18-9-8-15(13-21-18)20(26)25-10-3-4-11-25/h5-9,12-13H,2-4,10-11H2,1H3,(H,21,22). The zero-order valence-corrected chi connectivity index (χ0v) is 15.2. The maximum absolute atomic E-state index is 12.4. The normalized spacial score (nSPS) is 13.7. The van der Waals surface area contributed by atoms with Crippen molar-refractivity contribution in [1.82, 2.24) is 20.0 Å². The van der Waals surface area contributed by atoms with Crippen molar-refractivity contribution < 1.29 is 9.32 Å². The van der Waals surface area contributed by atoms with Crippen LogP contribution in [0.2, 0.25) is 0 Å². The van der Waals surface area contributed by atoms with Crippen molar-refractivity contribution in [3.63, 3.8) is 0 Å². The van der Waals surface area contributed by atoms with Gasteiger partial charge in [-0.3, -0.25) is 4.79 Å². The lowest BCUT2D eigenvalue weighted by molar-refractivity contribution is 0.0792. The minimum atomic E-state index is 0.0525. The van der Waals surface area contributed by atoms with Gasteiger partial charge in [-0.1, -0.05) is 18.1 Å². The molecule has 3 aromatic rings. The number of pyridine rings is 1. The van der Waals surface area contributed by atoms with Crippen LogP contribution < -0.4 is 5.32 Å². The van der Waals surface area contributed by atoms with Gasteiger partial charge in [-0.05, 0) is 43.2 Å². The number of nitrogens with one attached hydrogen (secondary N) is 1. The Labute approximate surface area is 157 Å². The number of aryl methyl sites for hydroxylation is 1. The van der Waals surface area contributed by atoms with Gasteiger partial charge in [0.1, 0.15) is 5.82 Å². The zero-order chi connectivity index (χ0) is 18.6. The largest absolute Gasteiger partial charge is 0.340 e. The third-order valence-electron chi connectivity index (χ3n) is 4.57. The number of carbonyl (C=O) groups is 1. The van der Waals surface area contributed by atoms with E-state index >= 15 is 0 Å². The van der Waals surface area contributed by atoms with Crippen LogP contribution in [0.5, 0.6) is 0 Å². The van der Waals surface area contributed by atoms with Gasteiger partial charge in [0.05, 0.1) is 5.56 Å². The van der Waals surface area contributed by atoms with Crippen LogP contribution in [0, 0.1) is 0 Å². The van der Waals surface area contributed by atoms with E-state index in [2.05, 4.69) is 20.4 Å². The average Bonchev–Trinajstić information content (AvgIpc) is 3.40. The molecule has 7 nitrogen and oxygen atoms in total. The predicted octanol–water partition coefficient (Wildman–Crippen LogP) is 3.67. The van der Waals surface area contributed by atoms with Crippen molar-refractivity contribution in [1.29, 1.82) is 0 Å². The van der Waals surface area contributed by atoms with E-state index in [9.17, 15) is 4.79 Å². The summed E-state index contributed by atoms with van der Waals surface area (Å²) in [5.74, 6) is 1.90. The van der Waals surface area contributed by atoms with Crippen LogP contribution in [0.15, 0.2) is 47.1 Å². The lowest BCUT2D eigenvalue weighted by Crippen LogP contribution is -2.27. The summed E-state index contributed by atoms with van der Waals surface area (Å²) in [6, 6.07) is 11.3. The van der Waals surface area contributed by atoms with Gasteiger partial charge in [-0.15, -0.1) is 0 Å². The fourth-order valence-corrected chi connectivity index (χ4v) is 3.09. The maximum atomic E-state index is 12.4. The number of likely N-dealkylation sites (tertiary alicyclic amines) is 1. The van der Waals surface area contributed by atoms with Crippen molar-refractivity contribution in [3.8, 4) is 11.5 Å². The van der Waals surface area contributed by atoms with E-state index in [1.165, 1.54) is 0 Å². The number of carbonyl (C=O) groups excluding carboxylic acids is 1. The fraction of sp³-hybridized carbons (Fsp3) is 0.300. The summed E-state index contributed by atoms with van der Waals surface area (Å²) < 4.78 is 5.29. The Morgan fingerprint density at radius 1 is 1.22 bits per heavy atom. The second kappa shape index (κ2) is 7.57. The summed E-state index contributed by atoms with van der Waals surface area (Å²) in [5, 5.41) is 7.17. The van der Waals surface area contributed by atoms with E-state index in [0.29, 0.717) is 23.1 Å². The number of aromatic nitrogens is 3. The summed E-state index contributed by atoms with van der Waals surface area (Å²) in [5.41, 5.74) is 2.32. The Morgan fingerprint density at radius 2 is 2.07 bits per heavy atom. The molecule has 4 rings (SSSR count). The summed E-state index contributed by atoms with van der Waals surface area (Å²) in [4.78, 5) is 23.0. The van der Waals surface area contributed by atoms with E-state index in [-0.39, 0.29) is 5.91 Å². The van der Waals surface area contributed by atoms with Crippen molar-refractivity contribution in [2.24, 2.45) is 0 Å². The highest BCUT2D eigenvalue weighted by Crippen LogP contribution is 2.23. The van der Waals surface area contributed by atoms with Gasteiger partial charge >= 0.3 is 0 Å². The third kappa shape index (κ3) is 3.81. The Balaban J connectivity index is 1.47. The molecule has 0 bridgehead atoms. The zero-order valence-electron chi connectivity index (χ0n) is 15.2. The van der Waals surface area contributed by atoms with Gasteiger partial charge in [0.15, 0.2) is 5.82 Å². The minimum Gasteiger partial charge on any atom is -0.340 e. The number of amides is 1. The number of nitrogens with zero attached hydrogens (tertiary/aromatic N) is 4. The van der Waals surface area contributed by atoms with Gasteiger partial charge < -0.3 is 14.7 Å². The molecule has 3 heterocycles. The van der Waals surface area contributed by atoms with Crippen molar-refractivity contribution in [3.05, 3.63) is 54.0 Å². The van der Waals surface area contributed by atoms with Crippen molar-refractivity contribution in [2.45, 2.75) is 26.2 Å². The highest BCUT2D eigenvalue weighted by atomic mass is 16.5. The predicted molar refractivity (Wildman–Crippen MR) is 102 cm³/mol. The van der Waals surface area contributed by atoms with Crippen LogP contribution in [0.4, 0.5) is 11.5 Å². The molecule has 138 valence electrons. The highest BCUT2D eigenvalue weighted by Gasteiger charge is 2.19. The number of hydrogen-bond donors (Lipinski definition) is 1. The molecular formula is C20H21N5O2. The molecule has 1 amide bonds. The molecule has 0 unspecified atom stereocenters. The molecule has 0 radical (unpaired) electrons. The first-order valence-electron chi connectivity index (χ1n) is 9.18. The molecule has 1 aliphatic heterocycles. The van der Waals surface area contributed by atoms with Gasteiger partial charge in [-0.2, -0.15) is 4.98 Å². The van der Waals surface area contributed by atoms with Crippen molar-refractivity contribution in [2.75, 3.05) is 18.4 Å². The van der Waals surface area contributed by atoms with E-state index in [1.54, 1.807) is 6.20 Å². The summed E-state index contributed by atoms with van der Waals surface area (Å²) in [6.07, 6.45) is 4.51. The van der Waals surface area contributed by atoms with Crippen LogP contribution in [0.25, 0.3) is 11.5 Å². The van der Waals surface area contributed by atoms with Crippen LogP contribution in [-0.4, -0.2) is 39.0 Å². The van der Waals surface area contributed by atoms with Crippen LogP contribution >= 0.6 is 0 Å². The average molecular weight is 363 g/mol. The minimum absolute atomic E-state index is 0.0525. The van der Waals surface area contributed by atoms with Crippen LogP contribution in [0.1, 0.15) is 35.9 Å². The SMILES string of the molecule is CCc1noc(-c2cccc(Nc3ccc(C(=O)N4CCCC4)cn3)c2)n1. The quantitative estimate of drug-likeness (QED) is 0.744. The molecule has 1 N–H and O–H groups in total. The van der Waals surface area contributed by atoms with Gasteiger partial charge in [0, 0.05) is 37.0 Å². The second-order valence-corrected chi connectivity index (χ2v) is 6.51. The fourth-order valence-electron chi connectivity index (χ4n) is 3.09. The monoisotopic (exact) mass is 363 g/mol. The molecule has 0 saturated carbocycles. The first-order chi connectivity index (χ1) is 13.2. The smallest absolute Gasteiger partial charge is 0.257 e. The molecule has 1 aliphatic rings. The number of hydrogen-bond acceptors (Lipinski definition) is 6. The van der Waals surface area contributed by atoms with Gasteiger partial charge in [0.25, 0.3) is 11.8 Å². The third-order valence-corrected chi connectivity index (χ3v) is 4.57. The van der Waals surface area contributed by atoms with Crippen LogP contribution in [0.3, 0.4) is 0 Å². The van der Waals surface area contributed by atoms with E-state index in [4.69, 9.17) is 4.52 Å². The Hall–Kier alpha value is -3.22. The number of anilines is 2. The van der Waals surface area contributed by atoms with Crippen molar-refractivity contribution >= 4 is 17.4 Å². The van der Waals surface area contributed by atoms with E-state index in [1.807, 2.05) is 48.2 Å². The van der Waals surface area contributed by atoms with E-state index < -0.39 is 0 Å². The summed E-state index contributed by atoms with van der Waals surface area (Å²) in [7, 11) is 0. The topological polar surface area (TPSA) is 84.2 Å². The second-order valence-electron chi connectivity index (χ2n) is 6.51. The molecule has 0 spiro atoms.